The smallest absolute Gasteiger partial charge is 0.333 e. The van der Waals surface area contributed by atoms with Crippen LogP contribution < -0.4 is 0 Å². The van der Waals surface area contributed by atoms with E-state index in [1.54, 1.807) is 14.0 Å². The lowest BCUT2D eigenvalue weighted by Crippen LogP contribution is -2.15. The van der Waals surface area contributed by atoms with Gasteiger partial charge in [0.05, 0.1) is 126 Å². The molecule has 0 rings (SSSR count). The zero-order chi connectivity index (χ0) is 27.1. The Morgan fingerprint density at radius 3 is 0.865 bits per heavy atom. The third-order valence-electron chi connectivity index (χ3n) is 4.22. The molecule has 0 aromatic rings. The van der Waals surface area contributed by atoms with Gasteiger partial charge in [-0.1, -0.05) is 6.58 Å². The van der Waals surface area contributed by atoms with E-state index in [0.717, 1.165) is 0 Å². The standard InChI is InChI=1S/C25H48O12/c1-24(2)25(26)37-23-22-36-21-20-35-19-18-34-17-16-33-15-14-32-13-12-31-11-10-30-9-8-29-7-6-28-5-4-27-3/h1,4-23H2,2-3H3. The summed E-state index contributed by atoms with van der Waals surface area (Å²) in [6.45, 7) is 14.8. The van der Waals surface area contributed by atoms with E-state index in [9.17, 15) is 4.79 Å². The van der Waals surface area contributed by atoms with Crippen LogP contribution in [0.3, 0.4) is 0 Å². The maximum absolute atomic E-state index is 11.2. The van der Waals surface area contributed by atoms with Gasteiger partial charge in [0.15, 0.2) is 0 Å². The molecule has 0 saturated carbocycles. The van der Waals surface area contributed by atoms with Crippen molar-refractivity contribution in [3.05, 3.63) is 12.2 Å². The van der Waals surface area contributed by atoms with Crippen LogP contribution in [0.2, 0.25) is 0 Å². The molecule has 0 aliphatic heterocycles. The van der Waals surface area contributed by atoms with Crippen molar-refractivity contribution in [3.8, 4) is 0 Å². The van der Waals surface area contributed by atoms with Crippen LogP contribution in [0.5, 0.6) is 0 Å². The Kier molecular flexibility index (Phi) is 30.0. The number of ether oxygens (including phenoxy) is 11. The largest absolute Gasteiger partial charge is 0.460 e. The molecule has 0 aromatic heterocycles. The number of carbonyl (C=O) groups excluding carboxylic acids is 1. The third-order valence-corrected chi connectivity index (χ3v) is 4.22. The third kappa shape index (κ3) is 30.9. The van der Waals surface area contributed by atoms with Crippen LogP contribution in [-0.2, 0) is 56.9 Å². The second-order valence-electron chi connectivity index (χ2n) is 7.42. The molecule has 0 N–H and O–H groups in total. The molecule has 0 saturated heterocycles. The highest BCUT2D eigenvalue weighted by Crippen LogP contribution is 1.92. The lowest BCUT2D eigenvalue weighted by atomic mass is 10.4. The van der Waals surface area contributed by atoms with Crippen molar-refractivity contribution >= 4 is 5.97 Å². The molecule has 0 spiro atoms. The summed E-state index contributed by atoms with van der Waals surface area (Å²) in [5.41, 5.74) is 0.372. The van der Waals surface area contributed by atoms with Crippen LogP contribution in [0.1, 0.15) is 6.92 Å². The minimum absolute atomic E-state index is 0.202. The number of carbonyl (C=O) groups is 1. The summed E-state index contributed by atoms with van der Waals surface area (Å²) in [7, 11) is 1.64. The number of esters is 1. The molecule has 0 fully saturated rings. The summed E-state index contributed by atoms with van der Waals surface area (Å²) >= 11 is 0. The molecule has 0 radical (unpaired) electrons. The molecule has 0 aromatic carbocycles. The maximum Gasteiger partial charge on any atom is 0.333 e. The van der Waals surface area contributed by atoms with Gasteiger partial charge in [0, 0.05) is 12.7 Å². The van der Waals surface area contributed by atoms with Crippen molar-refractivity contribution in [2.75, 3.05) is 139 Å². The quantitative estimate of drug-likeness (QED) is 0.0706. The first-order valence-corrected chi connectivity index (χ1v) is 12.7. The van der Waals surface area contributed by atoms with Crippen LogP contribution in [-0.4, -0.2) is 145 Å². The highest BCUT2D eigenvalue weighted by molar-refractivity contribution is 5.86. The Balaban J connectivity index is 3.05. The fourth-order valence-electron chi connectivity index (χ4n) is 2.32. The summed E-state index contributed by atoms with van der Waals surface area (Å²) in [5, 5.41) is 0. The average molecular weight is 541 g/mol. The van der Waals surface area contributed by atoms with Crippen LogP contribution in [0.25, 0.3) is 0 Å². The van der Waals surface area contributed by atoms with Crippen LogP contribution >= 0.6 is 0 Å². The molecule has 0 amide bonds. The van der Waals surface area contributed by atoms with Gasteiger partial charge in [-0.15, -0.1) is 0 Å². The van der Waals surface area contributed by atoms with E-state index in [-0.39, 0.29) is 6.61 Å². The van der Waals surface area contributed by atoms with Gasteiger partial charge >= 0.3 is 5.97 Å². The van der Waals surface area contributed by atoms with Crippen molar-refractivity contribution in [1.29, 1.82) is 0 Å². The zero-order valence-corrected chi connectivity index (χ0v) is 22.7. The lowest BCUT2D eigenvalue weighted by molar-refractivity contribution is -0.140. The Morgan fingerprint density at radius 1 is 0.432 bits per heavy atom. The number of rotatable bonds is 31. The van der Waals surface area contributed by atoms with E-state index in [0.29, 0.717) is 131 Å². The van der Waals surface area contributed by atoms with Gasteiger partial charge in [-0.2, -0.15) is 0 Å². The SMILES string of the molecule is C=C(C)C(=O)OCCOCCOCCOCCOCCOCCOCCOCCOCCOCCOC. The van der Waals surface area contributed by atoms with Gasteiger partial charge < -0.3 is 52.1 Å². The van der Waals surface area contributed by atoms with Crippen molar-refractivity contribution in [1.82, 2.24) is 0 Å². The Morgan fingerprint density at radius 2 is 0.649 bits per heavy atom. The molecule has 220 valence electrons. The molecule has 12 heteroatoms. The number of hydrogen-bond donors (Lipinski definition) is 0. The monoisotopic (exact) mass is 540 g/mol. The summed E-state index contributed by atoms with van der Waals surface area (Å²) in [5.74, 6) is -0.411. The molecule has 0 heterocycles. The molecular weight excluding hydrogens is 492 g/mol. The van der Waals surface area contributed by atoms with Crippen molar-refractivity contribution < 1.29 is 56.9 Å². The average Bonchev–Trinajstić information content (AvgIpc) is 2.89. The fourth-order valence-corrected chi connectivity index (χ4v) is 2.32. The van der Waals surface area contributed by atoms with E-state index in [1.807, 2.05) is 0 Å². The molecule has 0 aliphatic carbocycles. The van der Waals surface area contributed by atoms with Gasteiger partial charge in [-0.25, -0.2) is 4.79 Å². The van der Waals surface area contributed by atoms with Gasteiger partial charge in [-0.05, 0) is 6.92 Å². The highest BCUT2D eigenvalue weighted by atomic mass is 16.6. The molecular formula is C25H48O12. The van der Waals surface area contributed by atoms with E-state index in [2.05, 4.69) is 6.58 Å². The molecule has 12 nitrogen and oxygen atoms in total. The van der Waals surface area contributed by atoms with E-state index < -0.39 is 5.97 Å². The first-order chi connectivity index (χ1) is 18.2. The second-order valence-corrected chi connectivity index (χ2v) is 7.42. The van der Waals surface area contributed by atoms with Crippen LogP contribution in [0.15, 0.2) is 12.2 Å². The summed E-state index contributed by atoms with van der Waals surface area (Å²) in [6.07, 6.45) is 0. The van der Waals surface area contributed by atoms with Gasteiger partial charge in [0.1, 0.15) is 6.61 Å². The van der Waals surface area contributed by atoms with Crippen LogP contribution in [0.4, 0.5) is 0 Å². The Hall–Kier alpha value is -1.19. The zero-order valence-electron chi connectivity index (χ0n) is 22.7. The summed E-state index contributed by atoms with van der Waals surface area (Å²) in [4.78, 5) is 11.2. The fraction of sp³-hybridized carbons (Fsp3) is 0.880. The highest BCUT2D eigenvalue weighted by Gasteiger charge is 2.01. The molecule has 0 unspecified atom stereocenters. The predicted octanol–water partition coefficient (Wildman–Crippen LogP) is 0.902. The summed E-state index contributed by atoms with van der Waals surface area (Å²) < 4.78 is 58.3. The first-order valence-electron chi connectivity index (χ1n) is 12.7. The minimum atomic E-state index is -0.411. The molecule has 0 bridgehead atoms. The van der Waals surface area contributed by atoms with Gasteiger partial charge in [0.2, 0.25) is 0 Å². The lowest BCUT2D eigenvalue weighted by Gasteiger charge is -2.09. The Labute approximate surface area is 221 Å². The predicted molar refractivity (Wildman–Crippen MR) is 135 cm³/mol. The van der Waals surface area contributed by atoms with Crippen molar-refractivity contribution in [2.45, 2.75) is 6.92 Å². The molecule has 37 heavy (non-hydrogen) atoms. The maximum atomic E-state index is 11.2. The second kappa shape index (κ2) is 31.0. The first kappa shape index (κ1) is 35.8. The normalized spacial score (nSPS) is 11.2. The topological polar surface area (TPSA) is 119 Å². The van der Waals surface area contributed by atoms with E-state index >= 15 is 0 Å². The van der Waals surface area contributed by atoms with Crippen molar-refractivity contribution in [3.63, 3.8) is 0 Å². The van der Waals surface area contributed by atoms with Crippen molar-refractivity contribution in [2.24, 2.45) is 0 Å². The van der Waals surface area contributed by atoms with Gasteiger partial charge in [0.25, 0.3) is 0 Å². The Bertz CT molecular complexity index is 492. The number of methoxy groups -OCH3 is 1. The number of hydrogen-bond acceptors (Lipinski definition) is 12. The molecule has 0 aliphatic rings. The van der Waals surface area contributed by atoms with Crippen LogP contribution in [0, 0.1) is 0 Å². The molecule has 0 atom stereocenters. The van der Waals surface area contributed by atoms with E-state index in [1.165, 1.54) is 0 Å². The summed E-state index contributed by atoms with van der Waals surface area (Å²) in [6, 6.07) is 0. The minimum Gasteiger partial charge on any atom is -0.460 e. The van der Waals surface area contributed by atoms with Gasteiger partial charge in [-0.3, -0.25) is 0 Å². The van der Waals surface area contributed by atoms with E-state index in [4.69, 9.17) is 52.1 Å².